The molecule has 0 aliphatic rings. The van der Waals surface area contributed by atoms with Crippen molar-refractivity contribution in [2.24, 2.45) is 11.5 Å². The molecular formula is C18H19N5O2. The number of para-hydroxylation sites is 1. The number of hydrogen-bond acceptors (Lipinski definition) is 5. The molecule has 0 aliphatic heterocycles. The SMILES string of the molecule is NCCn1nc(-c2ccc(Oc3ccccc3)cc2)c(C(N)=O)c1N. The van der Waals surface area contributed by atoms with Gasteiger partial charge in [-0.05, 0) is 36.4 Å². The van der Waals surface area contributed by atoms with Crippen LogP contribution in [0.3, 0.4) is 0 Å². The summed E-state index contributed by atoms with van der Waals surface area (Å²) < 4.78 is 7.25. The van der Waals surface area contributed by atoms with E-state index in [2.05, 4.69) is 5.10 Å². The van der Waals surface area contributed by atoms with Crippen LogP contribution < -0.4 is 21.9 Å². The van der Waals surface area contributed by atoms with E-state index in [0.29, 0.717) is 24.5 Å². The Bertz CT molecular complexity index is 872. The van der Waals surface area contributed by atoms with Gasteiger partial charge < -0.3 is 21.9 Å². The van der Waals surface area contributed by atoms with Crippen LogP contribution in [0.15, 0.2) is 54.6 Å². The van der Waals surface area contributed by atoms with E-state index in [1.165, 1.54) is 4.68 Å². The van der Waals surface area contributed by atoms with Gasteiger partial charge in [0.05, 0.1) is 6.54 Å². The number of rotatable bonds is 6. The van der Waals surface area contributed by atoms with E-state index in [0.717, 1.165) is 11.3 Å². The second-order valence-corrected chi connectivity index (χ2v) is 5.42. The molecular weight excluding hydrogens is 318 g/mol. The molecule has 7 heteroatoms. The molecule has 0 saturated carbocycles. The third-order valence-corrected chi connectivity index (χ3v) is 3.69. The standard InChI is InChI=1S/C18H19N5O2/c19-10-11-23-17(20)15(18(21)24)16(22-23)12-6-8-14(9-7-12)25-13-4-2-1-3-5-13/h1-9H,10-11,19-20H2,(H2,21,24). The normalized spacial score (nSPS) is 10.6. The first-order valence-electron chi connectivity index (χ1n) is 7.79. The first-order valence-corrected chi connectivity index (χ1v) is 7.79. The molecule has 0 spiro atoms. The van der Waals surface area contributed by atoms with Gasteiger partial charge in [0.1, 0.15) is 28.6 Å². The highest BCUT2D eigenvalue weighted by molar-refractivity contribution is 6.03. The zero-order chi connectivity index (χ0) is 17.8. The fourth-order valence-corrected chi connectivity index (χ4v) is 2.52. The van der Waals surface area contributed by atoms with Gasteiger partial charge in [-0.3, -0.25) is 4.79 Å². The summed E-state index contributed by atoms with van der Waals surface area (Å²) in [5.74, 6) is 1.01. The number of benzene rings is 2. The number of nitrogens with zero attached hydrogens (tertiary/aromatic N) is 2. The average Bonchev–Trinajstić information content (AvgIpc) is 2.94. The highest BCUT2D eigenvalue weighted by Gasteiger charge is 2.21. The Morgan fingerprint density at radius 3 is 2.28 bits per heavy atom. The molecule has 0 radical (unpaired) electrons. The van der Waals surface area contributed by atoms with Gasteiger partial charge >= 0.3 is 0 Å². The van der Waals surface area contributed by atoms with Crippen LogP contribution in [0.4, 0.5) is 5.82 Å². The number of nitrogen functional groups attached to an aromatic ring is 1. The largest absolute Gasteiger partial charge is 0.457 e. The first kappa shape index (κ1) is 16.5. The fourth-order valence-electron chi connectivity index (χ4n) is 2.52. The Labute approximate surface area is 145 Å². The first-order chi connectivity index (χ1) is 12.1. The minimum Gasteiger partial charge on any atom is -0.457 e. The molecule has 3 aromatic rings. The summed E-state index contributed by atoms with van der Waals surface area (Å²) in [6.45, 7) is 0.759. The number of hydrogen-bond donors (Lipinski definition) is 3. The molecule has 7 nitrogen and oxygen atoms in total. The predicted molar refractivity (Wildman–Crippen MR) is 96.2 cm³/mol. The molecule has 1 amide bonds. The van der Waals surface area contributed by atoms with Crippen molar-refractivity contribution in [1.82, 2.24) is 9.78 Å². The maximum atomic E-state index is 11.8. The fraction of sp³-hybridized carbons (Fsp3) is 0.111. The zero-order valence-electron chi connectivity index (χ0n) is 13.6. The number of amides is 1. The van der Waals surface area contributed by atoms with Crippen LogP contribution in [0.1, 0.15) is 10.4 Å². The van der Waals surface area contributed by atoms with Crippen LogP contribution in [-0.2, 0) is 6.54 Å². The molecule has 0 fully saturated rings. The lowest BCUT2D eigenvalue weighted by atomic mass is 10.1. The smallest absolute Gasteiger partial charge is 0.254 e. The summed E-state index contributed by atoms with van der Waals surface area (Å²) in [5.41, 5.74) is 18.3. The van der Waals surface area contributed by atoms with Gasteiger partial charge in [0.25, 0.3) is 5.91 Å². The van der Waals surface area contributed by atoms with Crippen molar-refractivity contribution in [2.75, 3.05) is 12.3 Å². The Morgan fingerprint density at radius 1 is 1.04 bits per heavy atom. The number of ether oxygens (including phenoxy) is 1. The lowest BCUT2D eigenvalue weighted by Crippen LogP contribution is -2.16. The maximum absolute atomic E-state index is 11.8. The molecule has 0 atom stereocenters. The topological polar surface area (TPSA) is 122 Å². The van der Waals surface area contributed by atoms with Crippen LogP contribution in [0, 0.1) is 0 Å². The predicted octanol–water partition coefficient (Wildman–Crippen LogP) is 1.98. The lowest BCUT2D eigenvalue weighted by Gasteiger charge is -2.06. The van der Waals surface area contributed by atoms with Gasteiger partial charge in [-0.2, -0.15) is 5.10 Å². The molecule has 0 saturated heterocycles. The summed E-state index contributed by atoms with van der Waals surface area (Å²) in [4.78, 5) is 11.8. The van der Waals surface area contributed by atoms with Gasteiger partial charge in [-0.15, -0.1) is 0 Å². The summed E-state index contributed by atoms with van der Waals surface area (Å²) in [5, 5.41) is 4.37. The monoisotopic (exact) mass is 337 g/mol. The van der Waals surface area contributed by atoms with E-state index < -0.39 is 5.91 Å². The number of anilines is 1. The van der Waals surface area contributed by atoms with Crippen molar-refractivity contribution >= 4 is 11.7 Å². The van der Waals surface area contributed by atoms with Gasteiger partial charge in [0.2, 0.25) is 0 Å². The van der Waals surface area contributed by atoms with Gasteiger partial charge in [0.15, 0.2) is 0 Å². The minimum atomic E-state index is -0.625. The summed E-state index contributed by atoms with van der Waals surface area (Å²) in [6.07, 6.45) is 0. The summed E-state index contributed by atoms with van der Waals surface area (Å²) >= 11 is 0. The van der Waals surface area contributed by atoms with E-state index in [4.69, 9.17) is 21.9 Å². The van der Waals surface area contributed by atoms with E-state index in [9.17, 15) is 4.79 Å². The van der Waals surface area contributed by atoms with E-state index >= 15 is 0 Å². The molecule has 1 aromatic heterocycles. The van der Waals surface area contributed by atoms with Gasteiger partial charge in [0, 0.05) is 12.1 Å². The Morgan fingerprint density at radius 2 is 1.68 bits per heavy atom. The van der Waals surface area contributed by atoms with Crippen LogP contribution in [0.25, 0.3) is 11.3 Å². The molecule has 6 N–H and O–H groups in total. The maximum Gasteiger partial charge on any atom is 0.254 e. The number of nitrogens with two attached hydrogens (primary N) is 3. The van der Waals surface area contributed by atoms with Crippen molar-refractivity contribution in [3.8, 4) is 22.8 Å². The van der Waals surface area contributed by atoms with Crippen LogP contribution in [-0.4, -0.2) is 22.2 Å². The summed E-state index contributed by atoms with van der Waals surface area (Å²) in [6, 6.07) is 16.7. The third kappa shape index (κ3) is 3.46. The van der Waals surface area contributed by atoms with E-state index in [-0.39, 0.29) is 11.4 Å². The Balaban J connectivity index is 1.92. The Hall–Kier alpha value is -3.32. The molecule has 1 heterocycles. The van der Waals surface area contributed by atoms with Crippen molar-refractivity contribution in [1.29, 1.82) is 0 Å². The number of aromatic nitrogens is 2. The van der Waals surface area contributed by atoms with E-state index in [1.807, 2.05) is 30.3 Å². The lowest BCUT2D eigenvalue weighted by molar-refractivity contribution is 0.100. The molecule has 0 aliphatic carbocycles. The zero-order valence-corrected chi connectivity index (χ0v) is 13.6. The van der Waals surface area contributed by atoms with Crippen LogP contribution in [0.2, 0.25) is 0 Å². The van der Waals surface area contributed by atoms with Crippen molar-refractivity contribution < 1.29 is 9.53 Å². The molecule has 25 heavy (non-hydrogen) atoms. The van der Waals surface area contributed by atoms with Gasteiger partial charge in [-0.1, -0.05) is 18.2 Å². The highest BCUT2D eigenvalue weighted by atomic mass is 16.5. The highest BCUT2D eigenvalue weighted by Crippen LogP contribution is 2.29. The van der Waals surface area contributed by atoms with Crippen molar-refractivity contribution in [2.45, 2.75) is 6.54 Å². The quantitative estimate of drug-likeness (QED) is 0.635. The molecule has 128 valence electrons. The van der Waals surface area contributed by atoms with E-state index in [1.54, 1.807) is 24.3 Å². The third-order valence-electron chi connectivity index (χ3n) is 3.69. The molecule has 3 rings (SSSR count). The molecule has 2 aromatic carbocycles. The number of primary amides is 1. The van der Waals surface area contributed by atoms with Crippen LogP contribution in [0.5, 0.6) is 11.5 Å². The van der Waals surface area contributed by atoms with Crippen LogP contribution >= 0.6 is 0 Å². The van der Waals surface area contributed by atoms with Crippen molar-refractivity contribution in [3.05, 3.63) is 60.2 Å². The molecule has 0 bridgehead atoms. The second-order valence-electron chi connectivity index (χ2n) is 5.42. The average molecular weight is 337 g/mol. The Kier molecular flexibility index (Phi) is 4.67. The van der Waals surface area contributed by atoms with Crippen molar-refractivity contribution in [3.63, 3.8) is 0 Å². The summed E-state index contributed by atoms with van der Waals surface area (Å²) in [7, 11) is 0. The number of carbonyl (C=O) groups excluding carboxylic acids is 1. The number of carbonyl (C=O) groups is 1. The molecule has 0 unspecified atom stereocenters. The second kappa shape index (κ2) is 7.06. The minimum absolute atomic E-state index is 0.199. The van der Waals surface area contributed by atoms with Gasteiger partial charge in [-0.25, -0.2) is 4.68 Å².